The molecule has 7 nitrogen and oxygen atoms in total. The van der Waals surface area contributed by atoms with E-state index < -0.39 is 0 Å². The van der Waals surface area contributed by atoms with Crippen molar-refractivity contribution in [2.45, 2.75) is 38.6 Å². The first-order chi connectivity index (χ1) is 12.6. The smallest absolute Gasteiger partial charge is 0.407 e. The lowest BCUT2D eigenvalue weighted by atomic mass is 10.0. The van der Waals surface area contributed by atoms with Crippen molar-refractivity contribution in [2.24, 2.45) is 0 Å². The molecule has 0 aromatic heterocycles. The zero-order valence-corrected chi connectivity index (χ0v) is 15.7. The SMILES string of the molecule is CCCCOC(=O)NC1CCN(C(=O)c2cc(OC)cc(OC)c2)CC1. The van der Waals surface area contributed by atoms with Crippen molar-refractivity contribution in [1.82, 2.24) is 10.2 Å². The van der Waals surface area contributed by atoms with Crippen LogP contribution >= 0.6 is 0 Å². The van der Waals surface area contributed by atoms with Crippen LogP contribution in [0.15, 0.2) is 18.2 Å². The molecule has 26 heavy (non-hydrogen) atoms. The topological polar surface area (TPSA) is 77.1 Å². The molecule has 1 N–H and O–H groups in total. The number of hydrogen-bond donors (Lipinski definition) is 1. The largest absolute Gasteiger partial charge is 0.497 e. The molecule has 0 bridgehead atoms. The molecule has 0 radical (unpaired) electrons. The van der Waals surface area contributed by atoms with E-state index in [2.05, 4.69) is 5.32 Å². The Balaban J connectivity index is 1.87. The van der Waals surface area contributed by atoms with E-state index >= 15 is 0 Å². The maximum atomic E-state index is 12.7. The second kappa shape index (κ2) is 9.89. The zero-order chi connectivity index (χ0) is 18.9. The first-order valence-electron chi connectivity index (χ1n) is 9.03. The third-order valence-corrected chi connectivity index (χ3v) is 4.43. The predicted octanol–water partition coefficient (Wildman–Crippen LogP) is 2.83. The summed E-state index contributed by atoms with van der Waals surface area (Å²) in [6, 6.07) is 5.19. The zero-order valence-electron chi connectivity index (χ0n) is 15.7. The van der Waals surface area contributed by atoms with Gasteiger partial charge in [-0.15, -0.1) is 0 Å². The lowest BCUT2D eigenvalue weighted by molar-refractivity contribution is 0.0701. The van der Waals surface area contributed by atoms with E-state index in [0.29, 0.717) is 49.6 Å². The minimum atomic E-state index is -0.374. The highest BCUT2D eigenvalue weighted by Crippen LogP contribution is 2.24. The van der Waals surface area contributed by atoms with Crippen molar-refractivity contribution in [3.8, 4) is 11.5 Å². The van der Waals surface area contributed by atoms with Crippen molar-refractivity contribution in [3.63, 3.8) is 0 Å². The summed E-state index contributed by atoms with van der Waals surface area (Å²) in [4.78, 5) is 26.3. The van der Waals surface area contributed by atoms with Crippen LogP contribution in [0.5, 0.6) is 11.5 Å². The first kappa shape index (κ1) is 19.9. The molecule has 1 aliphatic heterocycles. The molecule has 0 aliphatic carbocycles. The Labute approximate surface area is 154 Å². The summed E-state index contributed by atoms with van der Waals surface area (Å²) in [5.41, 5.74) is 0.534. The summed E-state index contributed by atoms with van der Waals surface area (Å²) >= 11 is 0. The second-order valence-corrected chi connectivity index (χ2v) is 6.30. The fraction of sp³-hybridized carbons (Fsp3) is 0.579. The van der Waals surface area contributed by atoms with Gasteiger partial charge in [-0.1, -0.05) is 13.3 Å². The molecule has 0 atom stereocenters. The average Bonchev–Trinajstić information content (AvgIpc) is 2.67. The van der Waals surface area contributed by atoms with Crippen LogP contribution < -0.4 is 14.8 Å². The lowest BCUT2D eigenvalue weighted by Crippen LogP contribution is -2.46. The van der Waals surface area contributed by atoms with E-state index in [1.165, 1.54) is 0 Å². The van der Waals surface area contributed by atoms with Crippen LogP contribution in [-0.4, -0.2) is 56.9 Å². The molecule has 1 aromatic carbocycles. The molecule has 7 heteroatoms. The van der Waals surface area contributed by atoms with Crippen LogP contribution in [0.25, 0.3) is 0 Å². The number of alkyl carbamates (subject to hydrolysis) is 1. The van der Waals surface area contributed by atoms with Crippen molar-refractivity contribution >= 4 is 12.0 Å². The summed E-state index contributed by atoms with van der Waals surface area (Å²) in [5.74, 6) is 1.10. The molecular formula is C19H28N2O5. The van der Waals surface area contributed by atoms with Gasteiger partial charge in [-0.2, -0.15) is 0 Å². The number of rotatable bonds is 7. The summed E-state index contributed by atoms with van der Waals surface area (Å²) in [7, 11) is 3.11. The fourth-order valence-electron chi connectivity index (χ4n) is 2.86. The minimum absolute atomic E-state index is 0.0352. The van der Waals surface area contributed by atoms with Gasteiger partial charge in [0.05, 0.1) is 20.8 Å². The number of likely N-dealkylation sites (tertiary alicyclic amines) is 1. The summed E-state index contributed by atoms with van der Waals surface area (Å²) in [6.07, 6.45) is 2.89. The molecule has 1 aliphatic rings. The standard InChI is InChI=1S/C19H28N2O5/c1-4-5-10-26-19(23)20-15-6-8-21(9-7-15)18(22)14-11-16(24-2)13-17(12-14)25-3/h11-13,15H,4-10H2,1-3H3,(H,20,23). The highest BCUT2D eigenvalue weighted by Gasteiger charge is 2.25. The van der Waals surface area contributed by atoms with E-state index in [1.54, 1.807) is 37.3 Å². The molecule has 2 amide bonds. The summed E-state index contributed by atoms with van der Waals surface area (Å²) in [5, 5.41) is 2.87. The minimum Gasteiger partial charge on any atom is -0.497 e. The monoisotopic (exact) mass is 364 g/mol. The number of benzene rings is 1. The van der Waals surface area contributed by atoms with Crippen molar-refractivity contribution < 1.29 is 23.8 Å². The van der Waals surface area contributed by atoms with Crippen molar-refractivity contribution in [2.75, 3.05) is 33.9 Å². The molecule has 0 saturated carbocycles. The number of carbonyl (C=O) groups excluding carboxylic acids is 2. The van der Waals surface area contributed by atoms with E-state index in [-0.39, 0.29) is 18.0 Å². The summed E-state index contributed by atoms with van der Waals surface area (Å²) in [6.45, 7) is 3.65. The van der Waals surface area contributed by atoms with Crippen LogP contribution in [-0.2, 0) is 4.74 Å². The van der Waals surface area contributed by atoms with Crippen LogP contribution in [0.1, 0.15) is 43.0 Å². The molecule has 1 saturated heterocycles. The molecule has 1 aromatic rings. The Morgan fingerprint density at radius 3 is 2.27 bits per heavy atom. The van der Waals surface area contributed by atoms with Crippen molar-refractivity contribution in [3.05, 3.63) is 23.8 Å². The summed E-state index contributed by atoms with van der Waals surface area (Å²) < 4.78 is 15.6. The van der Waals surface area contributed by atoms with E-state index in [0.717, 1.165) is 12.8 Å². The Morgan fingerprint density at radius 1 is 1.12 bits per heavy atom. The molecule has 0 unspecified atom stereocenters. The highest BCUT2D eigenvalue weighted by molar-refractivity contribution is 5.95. The van der Waals surface area contributed by atoms with Gasteiger partial charge in [0.1, 0.15) is 11.5 Å². The molecule has 1 fully saturated rings. The number of nitrogens with one attached hydrogen (secondary N) is 1. The number of ether oxygens (including phenoxy) is 3. The van der Waals surface area contributed by atoms with Gasteiger partial charge in [0, 0.05) is 30.8 Å². The van der Waals surface area contributed by atoms with Crippen molar-refractivity contribution in [1.29, 1.82) is 0 Å². The van der Waals surface area contributed by atoms with Gasteiger partial charge in [-0.3, -0.25) is 4.79 Å². The number of nitrogens with zero attached hydrogens (tertiary/aromatic N) is 1. The van der Waals surface area contributed by atoms with Gasteiger partial charge in [0.15, 0.2) is 0 Å². The Kier molecular flexibility index (Phi) is 7.56. The number of hydrogen-bond acceptors (Lipinski definition) is 5. The number of carbonyl (C=O) groups is 2. The molecular weight excluding hydrogens is 336 g/mol. The normalized spacial score (nSPS) is 14.7. The van der Waals surface area contributed by atoms with Gasteiger partial charge in [0.25, 0.3) is 5.91 Å². The molecule has 0 spiro atoms. The maximum Gasteiger partial charge on any atom is 0.407 e. The Bertz CT molecular complexity index is 590. The number of amides is 2. The van der Waals surface area contributed by atoms with Crippen LogP contribution in [0.4, 0.5) is 4.79 Å². The lowest BCUT2D eigenvalue weighted by Gasteiger charge is -2.32. The van der Waals surface area contributed by atoms with Gasteiger partial charge in [0.2, 0.25) is 0 Å². The first-order valence-corrected chi connectivity index (χ1v) is 9.03. The van der Waals surface area contributed by atoms with E-state index in [1.807, 2.05) is 6.92 Å². The Hall–Kier alpha value is -2.44. The quantitative estimate of drug-likeness (QED) is 0.753. The van der Waals surface area contributed by atoms with Gasteiger partial charge in [-0.25, -0.2) is 4.79 Å². The molecule has 2 rings (SSSR count). The fourth-order valence-corrected chi connectivity index (χ4v) is 2.86. The maximum absolute atomic E-state index is 12.7. The third kappa shape index (κ3) is 5.54. The predicted molar refractivity (Wildman–Crippen MR) is 97.9 cm³/mol. The number of unbranched alkanes of at least 4 members (excludes halogenated alkanes) is 1. The van der Waals surface area contributed by atoms with Crippen LogP contribution in [0.2, 0.25) is 0 Å². The molecule has 144 valence electrons. The van der Waals surface area contributed by atoms with Gasteiger partial charge in [-0.05, 0) is 31.4 Å². The average molecular weight is 364 g/mol. The van der Waals surface area contributed by atoms with Gasteiger partial charge >= 0.3 is 6.09 Å². The second-order valence-electron chi connectivity index (χ2n) is 6.30. The number of piperidine rings is 1. The van der Waals surface area contributed by atoms with Crippen LogP contribution in [0, 0.1) is 0 Å². The highest BCUT2D eigenvalue weighted by atomic mass is 16.5. The van der Waals surface area contributed by atoms with Crippen LogP contribution in [0.3, 0.4) is 0 Å². The number of methoxy groups -OCH3 is 2. The van der Waals surface area contributed by atoms with Gasteiger partial charge < -0.3 is 24.4 Å². The molecule has 1 heterocycles. The van der Waals surface area contributed by atoms with E-state index in [4.69, 9.17) is 14.2 Å². The Morgan fingerprint density at radius 2 is 1.73 bits per heavy atom. The van der Waals surface area contributed by atoms with E-state index in [9.17, 15) is 9.59 Å². The third-order valence-electron chi connectivity index (χ3n) is 4.43.